The Morgan fingerprint density at radius 2 is 1.63 bits per heavy atom. The standard InChI is InChI=1S/C24H25F3N4O5.C9H12O3.C3H8/c25-24(26,27)17-3-1-2-14(6-17)9-31(29)10-19(28)23(33)30-22-16(11-34-12-32)5-4-15-7-20-21(8-18(15)22)36-13-35-20;1-10-7-5-4-6-8(11-2)9(7)12-3;1-3-2/h1-3,6-8,10,12,16,22H,4-5,9,11,13,28-29H2,(H,30,33);4-6H,1-3H3;3H2,1-2H3/b19-10-;;. The number of hydrogen-bond acceptors (Lipinski definition) is 11. The van der Waals surface area contributed by atoms with E-state index in [0.29, 0.717) is 53.6 Å². The summed E-state index contributed by atoms with van der Waals surface area (Å²) in [5.74, 6) is 8.18. The Bertz CT molecular complexity index is 1610. The van der Waals surface area contributed by atoms with Crippen molar-refractivity contribution in [1.29, 1.82) is 0 Å². The fourth-order valence-corrected chi connectivity index (χ4v) is 5.39. The van der Waals surface area contributed by atoms with Gasteiger partial charge < -0.3 is 44.5 Å². The molecule has 3 aromatic rings. The number of nitrogens with one attached hydrogen (secondary N) is 1. The van der Waals surface area contributed by atoms with Crippen LogP contribution < -0.4 is 40.6 Å². The molecular formula is C36H45F3N4O8. The van der Waals surface area contributed by atoms with Gasteiger partial charge in [0.1, 0.15) is 5.70 Å². The predicted octanol–water partition coefficient (Wildman–Crippen LogP) is 5.63. The van der Waals surface area contributed by atoms with E-state index in [0.717, 1.165) is 34.5 Å². The van der Waals surface area contributed by atoms with Crippen molar-refractivity contribution in [3.05, 3.63) is 88.7 Å². The fourth-order valence-electron chi connectivity index (χ4n) is 5.39. The third-order valence-corrected chi connectivity index (χ3v) is 7.66. The van der Waals surface area contributed by atoms with Crippen molar-refractivity contribution >= 4 is 12.4 Å². The van der Waals surface area contributed by atoms with Gasteiger partial charge in [-0.25, -0.2) is 5.84 Å². The Hall–Kier alpha value is -5.31. The molecule has 1 heterocycles. The second kappa shape index (κ2) is 19.2. The predicted molar refractivity (Wildman–Crippen MR) is 183 cm³/mol. The molecule has 2 aliphatic rings. The van der Waals surface area contributed by atoms with E-state index in [1.54, 1.807) is 27.4 Å². The van der Waals surface area contributed by atoms with Crippen molar-refractivity contribution in [2.45, 2.75) is 51.9 Å². The molecule has 0 radical (unpaired) electrons. The maximum Gasteiger partial charge on any atom is 0.416 e. The zero-order valence-electron chi connectivity index (χ0n) is 29.2. The van der Waals surface area contributed by atoms with Gasteiger partial charge in [0.05, 0.1) is 46.1 Å². The van der Waals surface area contributed by atoms with Crippen LogP contribution in [0.25, 0.3) is 0 Å². The first-order valence-corrected chi connectivity index (χ1v) is 16.1. The lowest BCUT2D eigenvalue weighted by atomic mass is 9.79. The smallest absolute Gasteiger partial charge is 0.416 e. The van der Waals surface area contributed by atoms with Gasteiger partial charge in [0.25, 0.3) is 12.4 Å². The Balaban J connectivity index is 0.000000391. The summed E-state index contributed by atoms with van der Waals surface area (Å²) in [7, 11) is 4.77. The van der Waals surface area contributed by atoms with E-state index in [9.17, 15) is 22.8 Å². The van der Waals surface area contributed by atoms with E-state index in [2.05, 4.69) is 19.2 Å². The Labute approximate surface area is 295 Å². The van der Waals surface area contributed by atoms with Gasteiger partial charge in [-0.15, -0.1) is 0 Å². The molecule has 5 N–H and O–H groups in total. The van der Waals surface area contributed by atoms with Gasteiger partial charge in [0.15, 0.2) is 23.0 Å². The van der Waals surface area contributed by atoms with Crippen LogP contribution >= 0.6 is 0 Å². The van der Waals surface area contributed by atoms with Crippen LogP contribution in [0, 0.1) is 5.92 Å². The van der Waals surface area contributed by atoms with Crippen molar-refractivity contribution in [3.63, 3.8) is 0 Å². The maximum absolute atomic E-state index is 13.0. The number of para-hydroxylation sites is 1. The molecular weight excluding hydrogens is 673 g/mol. The van der Waals surface area contributed by atoms with Crippen molar-refractivity contribution in [3.8, 4) is 28.7 Å². The fraction of sp³-hybridized carbons (Fsp3) is 0.389. The van der Waals surface area contributed by atoms with Crippen LogP contribution in [-0.4, -0.2) is 52.1 Å². The van der Waals surface area contributed by atoms with E-state index in [4.69, 9.17) is 40.0 Å². The highest BCUT2D eigenvalue weighted by Gasteiger charge is 2.34. The molecule has 2 unspecified atom stereocenters. The first kappa shape index (κ1) is 40.1. The minimum atomic E-state index is -4.48. The quantitative estimate of drug-likeness (QED) is 0.0977. The summed E-state index contributed by atoms with van der Waals surface area (Å²) in [5, 5.41) is 3.90. The van der Waals surface area contributed by atoms with E-state index in [1.165, 1.54) is 18.6 Å². The van der Waals surface area contributed by atoms with E-state index in [-0.39, 0.29) is 31.6 Å². The summed E-state index contributed by atoms with van der Waals surface area (Å²) in [5.41, 5.74) is 6.95. The molecule has 0 aromatic heterocycles. The number of rotatable bonds is 11. The molecule has 0 saturated carbocycles. The van der Waals surface area contributed by atoms with Crippen LogP contribution in [0.15, 0.2) is 66.5 Å². The largest absolute Gasteiger partial charge is 0.493 e. The summed E-state index contributed by atoms with van der Waals surface area (Å²) in [6.45, 7) is 4.68. The number of carbonyl (C=O) groups excluding carboxylic acids is 2. The highest BCUT2D eigenvalue weighted by Crippen LogP contribution is 2.43. The number of halogens is 3. The molecule has 0 fully saturated rings. The second-order valence-corrected chi connectivity index (χ2v) is 11.4. The summed E-state index contributed by atoms with van der Waals surface area (Å²) in [6, 6.07) is 13.3. The van der Waals surface area contributed by atoms with Crippen LogP contribution in [0.4, 0.5) is 13.2 Å². The molecule has 278 valence electrons. The van der Waals surface area contributed by atoms with Gasteiger partial charge in [0.2, 0.25) is 12.5 Å². The number of fused-ring (bicyclic) bond motifs is 2. The van der Waals surface area contributed by atoms with Crippen molar-refractivity contribution in [2.24, 2.45) is 17.5 Å². The summed E-state index contributed by atoms with van der Waals surface area (Å²) in [6.07, 6.45) is -0.768. The summed E-state index contributed by atoms with van der Waals surface area (Å²) in [4.78, 5) is 23.7. The number of carbonyl (C=O) groups is 2. The SMILES string of the molecule is CCC.COc1cccc(OC)c1OC.N/C(=C\N(N)Cc1cccc(C(F)(F)F)c1)C(=O)NC1c2cc3c(cc2CCC1COC=O)OCO3. The number of hydrazine groups is 1. The highest BCUT2D eigenvalue weighted by atomic mass is 19.4. The number of benzene rings is 3. The third-order valence-electron chi connectivity index (χ3n) is 7.66. The third kappa shape index (κ3) is 11.1. The zero-order valence-corrected chi connectivity index (χ0v) is 29.2. The molecule has 5 rings (SSSR count). The lowest BCUT2D eigenvalue weighted by molar-refractivity contribution is -0.137. The van der Waals surface area contributed by atoms with E-state index >= 15 is 0 Å². The van der Waals surface area contributed by atoms with Crippen LogP contribution in [0.5, 0.6) is 28.7 Å². The number of aryl methyl sites for hydroxylation is 1. The Morgan fingerprint density at radius 3 is 2.22 bits per heavy atom. The lowest BCUT2D eigenvalue weighted by Gasteiger charge is -2.34. The van der Waals surface area contributed by atoms with Crippen molar-refractivity contribution in [1.82, 2.24) is 10.3 Å². The Kier molecular flexibility index (Phi) is 15.1. The summed E-state index contributed by atoms with van der Waals surface area (Å²) < 4.78 is 70.0. The number of hydrogen-bond donors (Lipinski definition) is 3. The minimum Gasteiger partial charge on any atom is -0.493 e. The van der Waals surface area contributed by atoms with Crippen LogP contribution in [0.1, 0.15) is 55.0 Å². The molecule has 51 heavy (non-hydrogen) atoms. The van der Waals surface area contributed by atoms with Crippen LogP contribution in [0.2, 0.25) is 0 Å². The van der Waals surface area contributed by atoms with Gasteiger partial charge >= 0.3 is 6.18 Å². The molecule has 2 atom stereocenters. The normalized spacial score (nSPS) is 15.8. The van der Waals surface area contributed by atoms with Crippen LogP contribution in [-0.2, 0) is 33.5 Å². The second-order valence-electron chi connectivity index (χ2n) is 11.4. The summed E-state index contributed by atoms with van der Waals surface area (Å²) >= 11 is 0. The highest BCUT2D eigenvalue weighted by molar-refractivity contribution is 5.92. The van der Waals surface area contributed by atoms with Crippen LogP contribution in [0.3, 0.4) is 0 Å². The molecule has 15 heteroatoms. The van der Waals surface area contributed by atoms with Gasteiger partial charge in [-0.2, -0.15) is 13.2 Å². The molecule has 0 saturated heterocycles. The maximum atomic E-state index is 13.0. The van der Waals surface area contributed by atoms with Gasteiger partial charge in [-0.3, -0.25) is 9.59 Å². The number of alkyl halides is 3. The Morgan fingerprint density at radius 1 is 1.00 bits per heavy atom. The molecule has 3 aromatic carbocycles. The van der Waals surface area contributed by atoms with E-state index < -0.39 is 23.7 Å². The number of methoxy groups -OCH3 is 3. The van der Waals surface area contributed by atoms with Gasteiger partial charge in [-0.05, 0) is 65.9 Å². The van der Waals surface area contributed by atoms with Crippen molar-refractivity contribution < 1.29 is 51.2 Å². The van der Waals surface area contributed by atoms with Gasteiger partial charge in [0, 0.05) is 12.1 Å². The minimum absolute atomic E-state index is 0.0878. The lowest BCUT2D eigenvalue weighted by Crippen LogP contribution is -2.41. The molecule has 12 nitrogen and oxygen atoms in total. The monoisotopic (exact) mass is 718 g/mol. The molecule has 0 bridgehead atoms. The van der Waals surface area contributed by atoms with Crippen molar-refractivity contribution in [2.75, 3.05) is 34.7 Å². The topological polar surface area (TPSA) is 157 Å². The number of amides is 1. The first-order chi connectivity index (χ1) is 24.4. The van der Waals surface area contributed by atoms with E-state index in [1.807, 2.05) is 24.3 Å². The number of ether oxygens (including phenoxy) is 6. The average molecular weight is 719 g/mol. The number of nitrogens with zero attached hydrogens (tertiary/aromatic N) is 1. The molecule has 0 spiro atoms. The first-order valence-electron chi connectivity index (χ1n) is 16.1. The molecule has 1 amide bonds. The number of nitrogens with two attached hydrogens (primary N) is 2. The van der Waals surface area contributed by atoms with Gasteiger partial charge in [-0.1, -0.05) is 38.5 Å². The average Bonchev–Trinajstić information content (AvgIpc) is 3.57. The zero-order chi connectivity index (χ0) is 37.6. The molecule has 1 aliphatic heterocycles. The molecule has 1 aliphatic carbocycles.